The van der Waals surface area contributed by atoms with E-state index in [2.05, 4.69) is 19.1 Å². The SMILES string of the molecule is CCC(=O)O[C@H](C)[C@@H](CC)c1ccccc1. The Morgan fingerprint density at radius 2 is 1.88 bits per heavy atom. The largest absolute Gasteiger partial charge is 0.462 e. The Labute approximate surface area is 97.6 Å². The third-order valence-corrected chi connectivity index (χ3v) is 2.84. The van der Waals surface area contributed by atoms with Gasteiger partial charge < -0.3 is 4.74 Å². The van der Waals surface area contributed by atoms with Gasteiger partial charge in [-0.05, 0) is 18.9 Å². The molecule has 0 amide bonds. The lowest BCUT2D eigenvalue weighted by Crippen LogP contribution is -2.21. The molecule has 0 radical (unpaired) electrons. The number of hydrogen-bond acceptors (Lipinski definition) is 2. The fourth-order valence-corrected chi connectivity index (χ4v) is 1.91. The number of rotatable bonds is 5. The lowest BCUT2D eigenvalue weighted by atomic mass is 9.92. The van der Waals surface area contributed by atoms with Crippen molar-refractivity contribution in [1.29, 1.82) is 0 Å². The van der Waals surface area contributed by atoms with E-state index < -0.39 is 0 Å². The summed E-state index contributed by atoms with van der Waals surface area (Å²) in [7, 11) is 0. The fourth-order valence-electron chi connectivity index (χ4n) is 1.91. The lowest BCUT2D eigenvalue weighted by Gasteiger charge is -2.23. The molecular formula is C14H20O2. The Morgan fingerprint density at radius 3 is 2.38 bits per heavy atom. The fraction of sp³-hybridized carbons (Fsp3) is 0.500. The first kappa shape index (κ1) is 12.8. The van der Waals surface area contributed by atoms with Crippen LogP contribution < -0.4 is 0 Å². The number of hydrogen-bond donors (Lipinski definition) is 0. The van der Waals surface area contributed by atoms with Crippen LogP contribution in [0.1, 0.15) is 45.1 Å². The molecule has 2 atom stereocenters. The van der Waals surface area contributed by atoms with Gasteiger partial charge in [-0.3, -0.25) is 4.79 Å². The number of ether oxygens (including phenoxy) is 1. The van der Waals surface area contributed by atoms with Crippen LogP contribution in [-0.4, -0.2) is 12.1 Å². The van der Waals surface area contributed by atoms with E-state index in [0.29, 0.717) is 6.42 Å². The molecule has 2 nitrogen and oxygen atoms in total. The van der Waals surface area contributed by atoms with Crippen LogP contribution in [0.15, 0.2) is 30.3 Å². The van der Waals surface area contributed by atoms with Gasteiger partial charge in [-0.1, -0.05) is 44.2 Å². The van der Waals surface area contributed by atoms with Crippen molar-refractivity contribution in [3.05, 3.63) is 35.9 Å². The van der Waals surface area contributed by atoms with Crippen LogP contribution in [0.3, 0.4) is 0 Å². The summed E-state index contributed by atoms with van der Waals surface area (Å²) in [5, 5.41) is 0. The van der Waals surface area contributed by atoms with E-state index in [4.69, 9.17) is 4.74 Å². The van der Waals surface area contributed by atoms with Crippen molar-refractivity contribution in [3.63, 3.8) is 0 Å². The average molecular weight is 220 g/mol. The van der Waals surface area contributed by atoms with Crippen LogP contribution in [0, 0.1) is 0 Å². The van der Waals surface area contributed by atoms with Gasteiger partial charge in [0.25, 0.3) is 0 Å². The van der Waals surface area contributed by atoms with E-state index in [1.807, 2.05) is 32.0 Å². The molecule has 0 unspecified atom stereocenters. The molecule has 0 saturated heterocycles. The minimum atomic E-state index is -0.123. The zero-order valence-electron chi connectivity index (χ0n) is 10.3. The third-order valence-electron chi connectivity index (χ3n) is 2.84. The highest BCUT2D eigenvalue weighted by molar-refractivity contribution is 5.69. The highest BCUT2D eigenvalue weighted by Crippen LogP contribution is 2.25. The summed E-state index contributed by atoms with van der Waals surface area (Å²) in [6.45, 7) is 5.90. The van der Waals surface area contributed by atoms with Gasteiger partial charge in [0, 0.05) is 12.3 Å². The van der Waals surface area contributed by atoms with Gasteiger partial charge in [0.05, 0.1) is 0 Å². The summed E-state index contributed by atoms with van der Waals surface area (Å²) in [5.74, 6) is 0.165. The Balaban J connectivity index is 2.71. The molecule has 0 saturated carbocycles. The second-order valence-electron chi connectivity index (χ2n) is 3.97. The van der Waals surface area contributed by atoms with Crippen molar-refractivity contribution in [2.45, 2.75) is 45.6 Å². The summed E-state index contributed by atoms with van der Waals surface area (Å²) < 4.78 is 5.37. The van der Waals surface area contributed by atoms with E-state index in [1.54, 1.807) is 0 Å². The second kappa shape index (κ2) is 6.31. The summed E-state index contributed by atoms with van der Waals surface area (Å²) in [6, 6.07) is 10.2. The zero-order valence-corrected chi connectivity index (χ0v) is 10.3. The highest BCUT2D eigenvalue weighted by Gasteiger charge is 2.20. The van der Waals surface area contributed by atoms with Crippen molar-refractivity contribution in [2.75, 3.05) is 0 Å². The van der Waals surface area contributed by atoms with Gasteiger partial charge in [0.15, 0.2) is 0 Å². The van der Waals surface area contributed by atoms with Gasteiger partial charge in [0.1, 0.15) is 6.10 Å². The normalized spacial score (nSPS) is 14.2. The van der Waals surface area contributed by atoms with Crippen molar-refractivity contribution in [2.24, 2.45) is 0 Å². The molecule has 0 aromatic heterocycles. The maximum Gasteiger partial charge on any atom is 0.305 e. The molecular weight excluding hydrogens is 200 g/mol. The number of carbonyl (C=O) groups is 1. The van der Waals surface area contributed by atoms with Gasteiger partial charge >= 0.3 is 5.97 Å². The van der Waals surface area contributed by atoms with Crippen LogP contribution >= 0.6 is 0 Å². The van der Waals surface area contributed by atoms with Crippen molar-refractivity contribution >= 4 is 5.97 Å². The molecule has 88 valence electrons. The lowest BCUT2D eigenvalue weighted by molar-refractivity contribution is -0.148. The summed E-state index contributed by atoms with van der Waals surface area (Å²) in [4.78, 5) is 11.3. The number of carbonyl (C=O) groups excluding carboxylic acids is 1. The first-order chi connectivity index (χ1) is 7.69. The molecule has 1 rings (SSSR count). The van der Waals surface area contributed by atoms with Gasteiger partial charge in [-0.25, -0.2) is 0 Å². The molecule has 0 spiro atoms. The van der Waals surface area contributed by atoms with Crippen LogP contribution in [0.5, 0.6) is 0 Å². The number of esters is 1. The van der Waals surface area contributed by atoms with Gasteiger partial charge in [0.2, 0.25) is 0 Å². The summed E-state index contributed by atoms with van der Waals surface area (Å²) in [6.07, 6.45) is 1.36. The van der Waals surface area contributed by atoms with Crippen LogP contribution in [0.2, 0.25) is 0 Å². The first-order valence-corrected chi connectivity index (χ1v) is 5.93. The van der Waals surface area contributed by atoms with Gasteiger partial charge in [-0.2, -0.15) is 0 Å². The molecule has 1 aromatic carbocycles. The summed E-state index contributed by atoms with van der Waals surface area (Å²) >= 11 is 0. The molecule has 0 heterocycles. The monoisotopic (exact) mass is 220 g/mol. The quantitative estimate of drug-likeness (QED) is 0.710. The predicted molar refractivity (Wildman–Crippen MR) is 65.3 cm³/mol. The van der Waals surface area contributed by atoms with E-state index in [0.717, 1.165) is 6.42 Å². The van der Waals surface area contributed by atoms with Crippen LogP contribution in [-0.2, 0) is 9.53 Å². The van der Waals surface area contributed by atoms with E-state index >= 15 is 0 Å². The zero-order chi connectivity index (χ0) is 12.0. The van der Waals surface area contributed by atoms with Crippen molar-refractivity contribution < 1.29 is 9.53 Å². The Bertz CT molecular complexity index is 319. The maximum absolute atomic E-state index is 11.3. The predicted octanol–water partition coefficient (Wildman–Crippen LogP) is 3.52. The molecule has 2 heteroatoms. The molecule has 0 aliphatic rings. The second-order valence-corrected chi connectivity index (χ2v) is 3.97. The van der Waals surface area contributed by atoms with E-state index in [1.165, 1.54) is 5.56 Å². The summed E-state index contributed by atoms with van der Waals surface area (Å²) in [5.41, 5.74) is 1.24. The highest BCUT2D eigenvalue weighted by atomic mass is 16.5. The van der Waals surface area contributed by atoms with Crippen molar-refractivity contribution in [3.8, 4) is 0 Å². The standard InChI is InChI=1S/C14H20O2/c1-4-13(11(3)16-14(15)5-2)12-9-7-6-8-10-12/h6-11,13H,4-5H2,1-3H3/t11-,13-/m1/s1. The molecule has 0 fully saturated rings. The average Bonchev–Trinajstić information content (AvgIpc) is 2.31. The Morgan fingerprint density at radius 1 is 1.25 bits per heavy atom. The Hall–Kier alpha value is -1.31. The minimum Gasteiger partial charge on any atom is -0.462 e. The third kappa shape index (κ3) is 3.37. The molecule has 16 heavy (non-hydrogen) atoms. The molecule has 1 aromatic rings. The van der Waals surface area contributed by atoms with E-state index in [-0.39, 0.29) is 18.0 Å². The molecule has 0 N–H and O–H groups in total. The van der Waals surface area contributed by atoms with Crippen molar-refractivity contribution in [1.82, 2.24) is 0 Å². The van der Waals surface area contributed by atoms with E-state index in [9.17, 15) is 4.79 Å². The smallest absolute Gasteiger partial charge is 0.305 e. The minimum absolute atomic E-state index is 0.0557. The molecule has 0 aliphatic carbocycles. The first-order valence-electron chi connectivity index (χ1n) is 5.93. The van der Waals surface area contributed by atoms with Crippen LogP contribution in [0.4, 0.5) is 0 Å². The number of benzene rings is 1. The maximum atomic E-state index is 11.3. The van der Waals surface area contributed by atoms with Gasteiger partial charge in [-0.15, -0.1) is 0 Å². The van der Waals surface area contributed by atoms with Crippen LogP contribution in [0.25, 0.3) is 0 Å². The topological polar surface area (TPSA) is 26.3 Å². The Kier molecular flexibility index (Phi) is 5.03. The molecule has 0 aliphatic heterocycles. The molecule has 0 bridgehead atoms.